The summed E-state index contributed by atoms with van der Waals surface area (Å²) in [6.07, 6.45) is 0. The molecule has 0 N–H and O–H groups in total. The fourth-order valence-corrected chi connectivity index (χ4v) is 0.849. The van der Waals surface area contributed by atoms with E-state index in [4.69, 9.17) is 4.74 Å². The largest absolute Gasteiger partial charge is 0.482 e. The van der Waals surface area contributed by atoms with E-state index in [0.717, 1.165) is 0 Å². The first-order chi connectivity index (χ1) is 6.68. The number of carbonyl (C=O) groups excluding carboxylic acids is 2. The van der Waals surface area contributed by atoms with E-state index in [0.29, 0.717) is 5.75 Å². The Bertz CT molecular complexity index is 318. The average Bonchev–Trinajstić information content (AvgIpc) is 2.15. The first-order valence-electron chi connectivity index (χ1n) is 4.07. The van der Waals surface area contributed by atoms with Crippen molar-refractivity contribution in [3.05, 3.63) is 30.3 Å². The van der Waals surface area contributed by atoms with Crippen LogP contribution in [0.3, 0.4) is 0 Å². The zero-order valence-electron chi connectivity index (χ0n) is 7.73. The summed E-state index contributed by atoms with van der Waals surface area (Å²) in [5, 5.41) is 0. The number of hydrogen-bond donors (Lipinski definition) is 0. The van der Waals surface area contributed by atoms with Crippen molar-refractivity contribution in [2.75, 3.05) is 6.61 Å². The predicted octanol–water partition coefficient (Wildman–Crippen LogP) is 1.16. The van der Waals surface area contributed by atoms with E-state index >= 15 is 0 Å². The Balaban J connectivity index is 2.34. The van der Waals surface area contributed by atoms with E-state index in [-0.39, 0.29) is 6.61 Å². The third-order valence-electron chi connectivity index (χ3n) is 1.36. The molecule has 1 rings (SSSR count). The van der Waals surface area contributed by atoms with Crippen LogP contribution in [0.5, 0.6) is 5.75 Å². The van der Waals surface area contributed by atoms with E-state index in [2.05, 4.69) is 4.74 Å². The normalized spacial score (nSPS) is 9.21. The first-order valence-corrected chi connectivity index (χ1v) is 4.07. The zero-order valence-corrected chi connectivity index (χ0v) is 7.73. The van der Waals surface area contributed by atoms with Gasteiger partial charge in [0.15, 0.2) is 6.61 Å². The monoisotopic (exact) mass is 194 g/mol. The summed E-state index contributed by atoms with van der Waals surface area (Å²) in [5.41, 5.74) is 0. The standard InChI is InChI=1S/C10H10O4/c1-8(11)14-10(12)7-13-9-5-3-2-4-6-9/h2-6H,7H2,1H3. The molecule has 0 spiro atoms. The van der Waals surface area contributed by atoms with Crippen molar-refractivity contribution < 1.29 is 19.1 Å². The SMILES string of the molecule is CC(=O)OC(=O)COc1ccccc1. The third kappa shape index (κ3) is 3.71. The van der Waals surface area contributed by atoms with Gasteiger partial charge in [-0.15, -0.1) is 0 Å². The molecule has 0 atom stereocenters. The molecule has 0 amide bonds. The molecule has 1 aromatic rings. The Morgan fingerprint density at radius 3 is 2.43 bits per heavy atom. The van der Waals surface area contributed by atoms with Gasteiger partial charge in [-0.2, -0.15) is 0 Å². The van der Waals surface area contributed by atoms with Crippen LogP contribution in [-0.2, 0) is 14.3 Å². The van der Waals surface area contributed by atoms with Crippen molar-refractivity contribution in [3.8, 4) is 5.75 Å². The van der Waals surface area contributed by atoms with Crippen molar-refractivity contribution >= 4 is 11.9 Å². The summed E-state index contributed by atoms with van der Waals surface area (Å²) in [4.78, 5) is 21.2. The molecule has 0 aliphatic rings. The summed E-state index contributed by atoms with van der Waals surface area (Å²) < 4.78 is 9.31. The van der Waals surface area contributed by atoms with Gasteiger partial charge in [-0.3, -0.25) is 4.79 Å². The lowest BCUT2D eigenvalue weighted by atomic mass is 10.3. The van der Waals surface area contributed by atoms with Crippen LogP contribution in [0.25, 0.3) is 0 Å². The molecule has 74 valence electrons. The van der Waals surface area contributed by atoms with E-state index < -0.39 is 11.9 Å². The molecule has 0 saturated heterocycles. The van der Waals surface area contributed by atoms with Crippen molar-refractivity contribution in [3.63, 3.8) is 0 Å². The van der Waals surface area contributed by atoms with Crippen LogP contribution < -0.4 is 4.74 Å². The molecule has 4 nitrogen and oxygen atoms in total. The van der Waals surface area contributed by atoms with Crippen LogP contribution >= 0.6 is 0 Å². The van der Waals surface area contributed by atoms with Gasteiger partial charge in [0.05, 0.1) is 0 Å². The minimum atomic E-state index is -0.693. The number of ether oxygens (including phenoxy) is 2. The molecule has 0 aliphatic heterocycles. The van der Waals surface area contributed by atoms with Gasteiger partial charge in [0.1, 0.15) is 5.75 Å². The minimum absolute atomic E-state index is 0.260. The highest BCUT2D eigenvalue weighted by molar-refractivity contribution is 5.84. The van der Waals surface area contributed by atoms with Gasteiger partial charge in [-0.25, -0.2) is 4.79 Å². The summed E-state index contributed by atoms with van der Waals surface area (Å²) in [6.45, 7) is 0.907. The Morgan fingerprint density at radius 1 is 1.21 bits per heavy atom. The number of esters is 2. The summed E-state index contributed by atoms with van der Waals surface area (Å²) in [5.74, 6) is -0.763. The number of benzene rings is 1. The van der Waals surface area contributed by atoms with E-state index in [1.54, 1.807) is 24.3 Å². The lowest BCUT2D eigenvalue weighted by Gasteiger charge is -2.03. The second kappa shape index (κ2) is 5.01. The molecule has 0 aliphatic carbocycles. The van der Waals surface area contributed by atoms with E-state index in [9.17, 15) is 9.59 Å². The topological polar surface area (TPSA) is 52.6 Å². The number of carbonyl (C=O) groups is 2. The van der Waals surface area contributed by atoms with Gasteiger partial charge in [0.2, 0.25) is 0 Å². The summed E-state index contributed by atoms with van der Waals surface area (Å²) >= 11 is 0. The molecule has 0 saturated carbocycles. The fraction of sp³-hybridized carbons (Fsp3) is 0.200. The second-order valence-corrected chi connectivity index (χ2v) is 2.57. The van der Waals surface area contributed by atoms with Crippen LogP contribution in [0.4, 0.5) is 0 Å². The maximum atomic E-state index is 10.9. The van der Waals surface area contributed by atoms with Gasteiger partial charge in [-0.1, -0.05) is 18.2 Å². The summed E-state index contributed by atoms with van der Waals surface area (Å²) in [6, 6.07) is 8.82. The summed E-state index contributed by atoms with van der Waals surface area (Å²) in [7, 11) is 0. The second-order valence-electron chi connectivity index (χ2n) is 2.57. The smallest absolute Gasteiger partial charge is 0.351 e. The van der Waals surface area contributed by atoms with Crippen molar-refractivity contribution in [1.29, 1.82) is 0 Å². The Kier molecular flexibility index (Phi) is 3.67. The van der Waals surface area contributed by atoms with Crippen molar-refractivity contribution in [2.24, 2.45) is 0 Å². The highest BCUT2D eigenvalue weighted by atomic mass is 16.6. The quantitative estimate of drug-likeness (QED) is 0.535. The Morgan fingerprint density at radius 2 is 1.86 bits per heavy atom. The maximum absolute atomic E-state index is 10.9. The molecule has 1 aromatic carbocycles. The van der Waals surface area contributed by atoms with Gasteiger partial charge in [-0.05, 0) is 12.1 Å². The number of hydrogen-bond acceptors (Lipinski definition) is 4. The minimum Gasteiger partial charge on any atom is -0.482 e. The van der Waals surface area contributed by atoms with Crippen molar-refractivity contribution in [2.45, 2.75) is 6.92 Å². The molecule has 0 radical (unpaired) electrons. The van der Waals surface area contributed by atoms with Crippen molar-refractivity contribution in [1.82, 2.24) is 0 Å². The molecule has 0 aromatic heterocycles. The number of para-hydroxylation sites is 1. The molecule has 14 heavy (non-hydrogen) atoms. The highest BCUT2D eigenvalue weighted by Crippen LogP contribution is 2.07. The molecular weight excluding hydrogens is 184 g/mol. The van der Waals surface area contributed by atoms with Gasteiger partial charge < -0.3 is 9.47 Å². The molecule has 0 unspecified atom stereocenters. The van der Waals surface area contributed by atoms with Crippen LogP contribution in [0, 0.1) is 0 Å². The number of rotatable bonds is 3. The molecule has 0 heterocycles. The molecule has 4 heteroatoms. The van der Waals surface area contributed by atoms with Gasteiger partial charge >= 0.3 is 11.9 Å². The van der Waals surface area contributed by atoms with Crippen LogP contribution in [0.1, 0.15) is 6.92 Å². The highest BCUT2D eigenvalue weighted by Gasteiger charge is 2.06. The maximum Gasteiger partial charge on any atom is 0.351 e. The lowest BCUT2D eigenvalue weighted by Crippen LogP contribution is -2.17. The zero-order chi connectivity index (χ0) is 10.4. The van der Waals surface area contributed by atoms with E-state index in [1.807, 2.05) is 6.07 Å². The Hall–Kier alpha value is -1.84. The predicted molar refractivity (Wildman–Crippen MR) is 48.7 cm³/mol. The van der Waals surface area contributed by atoms with Gasteiger partial charge in [0, 0.05) is 6.92 Å². The Labute approximate surface area is 81.4 Å². The lowest BCUT2D eigenvalue weighted by molar-refractivity contribution is -0.159. The fourth-order valence-electron chi connectivity index (χ4n) is 0.849. The molecular formula is C10H10O4. The van der Waals surface area contributed by atoms with Crippen LogP contribution in [-0.4, -0.2) is 18.5 Å². The third-order valence-corrected chi connectivity index (χ3v) is 1.36. The van der Waals surface area contributed by atoms with Crippen LogP contribution in [0.2, 0.25) is 0 Å². The first kappa shape index (κ1) is 10.2. The molecule has 0 bridgehead atoms. The van der Waals surface area contributed by atoms with Gasteiger partial charge in [0.25, 0.3) is 0 Å². The molecule has 0 fully saturated rings. The van der Waals surface area contributed by atoms with E-state index in [1.165, 1.54) is 6.92 Å². The average molecular weight is 194 g/mol. The van der Waals surface area contributed by atoms with Crippen LogP contribution in [0.15, 0.2) is 30.3 Å².